The van der Waals surface area contributed by atoms with Crippen molar-refractivity contribution in [1.82, 2.24) is 0 Å². The molecule has 0 radical (unpaired) electrons. The fourth-order valence-electron chi connectivity index (χ4n) is 1.61. The Morgan fingerprint density at radius 3 is 0.808 bits per heavy atom. The largest absolute Gasteiger partial charge is 0.378 e. The van der Waals surface area contributed by atoms with Gasteiger partial charge in [0.05, 0.1) is 99.1 Å². The van der Waals surface area contributed by atoms with Gasteiger partial charge in [-0.25, -0.2) is 5.90 Å². The molecule has 4 N–H and O–H groups in total. The van der Waals surface area contributed by atoms with E-state index in [1.807, 2.05) is 0 Å². The van der Waals surface area contributed by atoms with Crippen LogP contribution in [0.25, 0.3) is 0 Å². The molecule has 0 fully saturated rings. The van der Waals surface area contributed by atoms with Crippen molar-refractivity contribution >= 4 is 0 Å². The van der Waals surface area contributed by atoms with Gasteiger partial charge in [-0.2, -0.15) is 0 Å². The van der Waals surface area contributed by atoms with Gasteiger partial charge in [-0.05, 0) is 0 Å². The van der Waals surface area contributed by atoms with Crippen LogP contribution >= 0.6 is 0 Å². The summed E-state index contributed by atoms with van der Waals surface area (Å²) in [6, 6.07) is 0. The van der Waals surface area contributed by atoms with Crippen LogP contribution < -0.4 is 11.6 Å². The third kappa shape index (κ3) is 23.6. The molecule has 0 aliphatic carbocycles. The summed E-state index contributed by atoms with van der Waals surface area (Å²) in [4.78, 5) is 4.37. The predicted molar refractivity (Wildman–Crippen MR) is 94.9 cm³/mol. The summed E-state index contributed by atoms with van der Waals surface area (Å²) in [5.41, 5.74) is 5.30. The number of hydrogen-bond acceptors (Lipinski definition) is 10. The van der Waals surface area contributed by atoms with Crippen molar-refractivity contribution < 1.29 is 38.0 Å². The van der Waals surface area contributed by atoms with Crippen molar-refractivity contribution in [3.05, 3.63) is 0 Å². The molecule has 0 aliphatic heterocycles. The van der Waals surface area contributed by atoms with E-state index in [-0.39, 0.29) is 0 Å². The van der Waals surface area contributed by atoms with Crippen molar-refractivity contribution in [2.75, 3.05) is 106 Å². The fraction of sp³-hybridized carbons (Fsp3) is 1.00. The lowest BCUT2D eigenvalue weighted by molar-refractivity contribution is -0.0230. The van der Waals surface area contributed by atoms with E-state index in [0.717, 1.165) is 0 Å². The van der Waals surface area contributed by atoms with Crippen LogP contribution in [-0.2, 0) is 38.0 Å². The Morgan fingerprint density at radius 2 is 0.577 bits per heavy atom. The topological polar surface area (TPSA) is 126 Å². The van der Waals surface area contributed by atoms with Crippen molar-refractivity contribution in [1.29, 1.82) is 0 Å². The molecule has 10 nitrogen and oxygen atoms in total. The average Bonchev–Trinajstić information content (AvgIpc) is 2.66. The maximum atomic E-state index is 5.38. The lowest BCUT2D eigenvalue weighted by Crippen LogP contribution is -2.15. The molecular formula is C16H36N2O8. The van der Waals surface area contributed by atoms with Gasteiger partial charge in [0.2, 0.25) is 0 Å². The minimum Gasteiger partial charge on any atom is -0.378 e. The zero-order chi connectivity index (χ0) is 19.0. The molecule has 0 spiro atoms. The van der Waals surface area contributed by atoms with Crippen molar-refractivity contribution in [3.63, 3.8) is 0 Å². The number of rotatable bonds is 23. The highest BCUT2D eigenvalue weighted by atomic mass is 16.6. The second-order valence-corrected chi connectivity index (χ2v) is 4.95. The van der Waals surface area contributed by atoms with Crippen LogP contribution in [0.5, 0.6) is 0 Å². The molecule has 0 aliphatic rings. The summed E-state index contributed by atoms with van der Waals surface area (Å²) >= 11 is 0. The number of nitrogens with two attached hydrogens (primary N) is 2. The van der Waals surface area contributed by atoms with Crippen LogP contribution in [0.15, 0.2) is 0 Å². The van der Waals surface area contributed by atoms with E-state index in [1.54, 1.807) is 0 Å². The molecule has 0 aromatic carbocycles. The molecule has 0 atom stereocenters. The van der Waals surface area contributed by atoms with Crippen molar-refractivity contribution in [2.24, 2.45) is 11.6 Å². The van der Waals surface area contributed by atoms with Crippen molar-refractivity contribution in [2.45, 2.75) is 0 Å². The highest BCUT2D eigenvalue weighted by Gasteiger charge is 1.94. The molecule has 0 amide bonds. The summed E-state index contributed by atoms with van der Waals surface area (Å²) in [7, 11) is 0. The molecule has 0 aromatic rings. The predicted octanol–water partition coefficient (Wildman–Crippen LogP) is -1.05. The quantitative estimate of drug-likeness (QED) is 0.166. The van der Waals surface area contributed by atoms with Gasteiger partial charge in [0.25, 0.3) is 0 Å². The first kappa shape index (κ1) is 25.6. The maximum Gasteiger partial charge on any atom is 0.0913 e. The van der Waals surface area contributed by atoms with Gasteiger partial charge in [-0.1, -0.05) is 0 Å². The van der Waals surface area contributed by atoms with Crippen LogP contribution in [0.3, 0.4) is 0 Å². The van der Waals surface area contributed by atoms with E-state index in [2.05, 4.69) is 4.84 Å². The molecule has 158 valence electrons. The molecular weight excluding hydrogens is 348 g/mol. The first-order valence-electron chi connectivity index (χ1n) is 8.97. The average molecular weight is 384 g/mol. The molecule has 0 bridgehead atoms. The summed E-state index contributed by atoms with van der Waals surface area (Å²) in [5, 5.41) is 0. The summed E-state index contributed by atoms with van der Waals surface area (Å²) in [6.45, 7) is 8.34. The van der Waals surface area contributed by atoms with Gasteiger partial charge < -0.3 is 43.7 Å². The van der Waals surface area contributed by atoms with Gasteiger partial charge in [-0.3, -0.25) is 0 Å². The van der Waals surface area contributed by atoms with Gasteiger partial charge in [0, 0.05) is 6.54 Å². The summed E-state index contributed by atoms with van der Waals surface area (Å²) in [6.07, 6.45) is 0. The van der Waals surface area contributed by atoms with Gasteiger partial charge in [0.15, 0.2) is 0 Å². The first-order valence-corrected chi connectivity index (χ1v) is 8.97. The Balaban J connectivity index is 2.95. The third-order valence-corrected chi connectivity index (χ3v) is 2.84. The second kappa shape index (κ2) is 24.6. The Labute approximate surface area is 156 Å². The monoisotopic (exact) mass is 384 g/mol. The smallest absolute Gasteiger partial charge is 0.0913 e. The van der Waals surface area contributed by atoms with Gasteiger partial charge >= 0.3 is 0 Å². The van der Waals surface area contributed by atoms with Crippen LogP contribution in [-0.4, -0.2) is 106 Å². The number of hydrogen-bond donors (Lipinski definition) is 2. The molecule has 0 rings (SSSR count). The van der Waals surface area contributed by atoms with E-state index in [4.69, 9.17) is 44.8 Å². The molecule has 0 saturated heterocycles. The normalized spacial score (nSPS) is 11.3. The van der Waals surface area contributed by atoms with Crippen molar-refractivity contribution in [3.8, 4) is 0 Å². The lowest BCUT2D eigenvalue weighted by atomic mass is 10.6. The highest BCUT2D eigenvalue weighted by Crippen LogP contribution is 1.85. The molecule has 26 heavy (non-hydrogen) atoms. The molecule has 0 unspecified atom stereocenters. The van der Waals surface area contributed by atoms with Crippen LogP contribution in [0, 0.1) is 0 Å². The van der Waals surface area contributed by atoms with Gasteiger partial charge in [0.1, 0.15) is 0 Å². The zero-order valence-electron chi connectivity index (χ0n) is 15.7. The van der Waals surface area contributed by atoms with E-state index in [9.17, 15) is 0 Å². The van der Waals surface area contributed by atoms with Crippen LogP contribution in [0.2, 0.25) is 0 Å². The lowest BCUT2D eigenvalue weighted by Gasteiger charge is -2.08. The molecule has 10 heteroatoms. The Kier molecular flexibility index (Phi) is 24.2. The third-order valence-electron chi connectivity index (χ3n) is 2.84. The Morgan fingerprint density at radius 1 is 0.346 bits per heavy atom. The van der Waals surface area contributed by atoms with E-state index in [0.29, 0.717) is 106 Å². The highest BCUT2D eigenvalue weighted by molar-refractivity contribution is 4.37. The summed E-state index contributed by atoms with van der Waals surface area (Å²) in [5.74, 6) is 4.86. The standard InChI is InChI=1S/C16H36N2O8/c17-1-2-19-3-4-20-5-6-21-7-8-22-9-10-23-11-12-24-13-14-25-15-16-26-18/h1-18H2. The van der Waals surface area contributed by atoms with Crippen LogP contribution in [0.1, 0.15) is 0 Å². The molecule has 0 aromatic heterocycles. The van der Waals surface area contributed by atoms with E-state index < -0.39 is 0 Å². The SMILES string of the molecule is NCCOCCOCCOCCOCCOCCOCCOCCON. The zero-order valence-corrected chi connectivity index (χ0v) is 15.7. The maximum absolute atomic E-state index is 5.38. The van der Waals surface area contributed by atoms with Gasteiger partial charge in [-0.15, -0.1) is 0 Å². The fourth-order valence-corrected chi connectivity index (χ4v) is 1.61. The van der Waals surface area contributed by atoms with Crippen LogP contribution in [0.4, 0.5) is 0 Å². The Hall–Kier alpha value is -0.400. The second-order valence-electron chi connectivity index (χ2n) is 4.95. The number of ether oxygens (including phenoxy) is 7. The van der Waals surface area contributed by atoms with E-state index in [1.165, 1.54) is 0 Å². The molecule has 0 saturated carbocycles. The first-order chi connectivity index (χ1) is 12.9. The van der Waals surface area contributed by atoms with E-state index >= 15 is 0 Å². The summed E-state index contributed by atoms with van der Waals surface area (Å²) < 4.78 is 37.1. The Bertz CT molecular complexity index is 228. The minimum atomic E-state index is 0.382. The molecule has 0 heterocycles. The minimum absolute atomic E-state index is 0.382.